The number of esters is 2. The molecule has 0 atom stereocenters. The summed E-state index contributed by atoms with van der Waals surface area (Å²) < 4.78 is 27.2. The number of hydrogen-bond acceptors (Lipinski definition) is 7. The molecule has 0 unspecified atom stereocenters. The standard InChI is InChI=1S/C27H28FN5O5/c1-17(2)38-25(35)11-10-24(34)37-16-33-15-20(14-30-33)22-9-8-18-12-23(32(3)26(18)31-22)27(36)29-13-19-6-4-5-7-21(19)28/h4-9,12,14-15,17H,10-11,13,16H2,1-3H3,(H,29,36). The zero-order chi connectivity index (χ0) is 27.2. The van der Waals surface area contributed by atoms with Crippen LogP contribution >= 0.6 is 0 Å². The third-order valence-electron chi connectivity index (χ3n) is 5.69. The highest BCUT2D eigenvalue weighted by Crippen LogP contribution is 2.23. The Hall–Kier alpha value is -4.54. The summed E-state index contributed by atoms with van der Waals surface area (Å²) in [5.41, 5.74) is 2.68. The summed E-state index contributed by atoms with van der Waals surface area (Å²) in [4.78, 5) is 40.9. The van der Waals surface area contributed by atoms with Gasteiger partial charge in [0.1, 0.15) is 17.2 Å². The van der Waals surface area contributed by atoms with Crippen molar-refractivity contribution in [3.8, 4) is 11.3 Å². The third-order valence-corrected chi connectivity index (χ3v) is 5.69. The number of halogens is 1. The van der Waals surface area contributed by atoms with Crippen LogP contribution in [0.3, 0.4) is 0 Å². The van der Waals surface area contributed by atoms with Crippen LogP contribution in [-0.4, -0.2) is 43.3 Å². The Balaban J connectivity index is 1.38. The number of amides is 1. The molecule has 1 amide bonds. The second-order valence-corrected chi connectivity index (χ2v) is 8.92. The molecule has 0 aliphatic rings. The van der Waals surface area contributed by atoms with E-state index < -0.39 is 11.9 Å². The molecule has 1 N–H and O–H groups in total. The number of nitrogens with zero attached hydrogens (tertiary/aromatic N) is 4. The minimum Gasteiger partial charge on any atom is -0.463 e. The summed E-state index contributed by atoms with van der Waals surface area (Å²) in [5, 5.41) is 7.72. The Bertz CT molecular complexity index is 1480. The van der Waals surface area contributed by atoms with Crippen LogP contribution in [0.4, 0.5) is 4.39 Å². The van der Waals surface area contributed by atoms with Gasteiger partial charge in [0.25, 0.3) is 5.91 Å². The van der Waals surface area contributed by atoms with Gasteiger partial charge in [-0.05, 0) is 38.1 Å². The molecule has 4 aromatic rings. The fourth-order valence-corrected chi connectivity index (χ4v) is 3.79. The van der Waals surface area contributed by atoms with Gasteiger partial charge in [0.2, 0.25) is 0 Å². The maximum atomic E-state index is 13.9. The Kier molecular flexibility index (Phi) is 8.15. The highest BCUT2D eigenvalue weighted by atomic mass is 19.1. The molecule has 0 bridgehead atoms. The molecule has 0 aliphatic carbocycles. The molecule has 0 saturated heterocycles. The smallest absolute Gasteiger partial charge is 0.308 e. The van der Waals surface area contributed by atoms with Gasteiger partial charge in [-0.25, -0.2) is 14.1 Å². The van der Waals surface area contributed by atoms with Gasteiger partial charge in [-0.2, -0.15) is 5.10 Å². The van der Waals surface area contributed by atoms with Crippen molar-refractivity contribution in [3.63, 3.8) is 0 Å². The zero-order valence-electron chi connectivity index (χ0n) is 21.3. The fraction of sp³-hybridized carbons (Fsp3) is 0.296. The van der Waals surface area contributed by atoms with Gasteiger partial charge in [-0.1, -0.05) is 18.2 Å². The van der Waals surface area contributed by atoms with Crippen LogP contribution in [0.2, 0.25) is 0 Å². The van der Waals surface area contributed by atoms with E-state index in [-0.39, 0.29) is 43.9 Å². The minimum absolute atomic E-state index is 0.0505. The lowest BCUT2D eigenvalue weighted by Gasteiger charge is -2.08. The first-order valence-electron chi connectivity index (χ1n) is 12.1. The number of pyridine rings is 1. The molecule has 0 saturated carbocycles. The average Bonchev–Trinajstić information content (AvgIpc) is 3.49. The molecule has 11 heteroatoms. The summed E-state index contributed by atoms with van der Waals surface area (Å²) in [5.74, 6) is -1.71. The van der Waals surface area contributed by atoms with Crippen LogP contribution in [0.1, 0.15) is 42.7 Å². The predicted molar refractivity (Wildman–Crippen MR) is 136 cm³/mol. The fourth-order valence-electron chi connectivity index (χ4n) is 3.79. The Morgan fingerprint density at radius 3 is 2.61 bits per heavy atom. The Labute approximate surface area is 218 Å². The number of hydrogen-bond donors (Lipinski definition) is 1. The largest absolute Gasteiger partial charge is 0.463 e. The predicted octanol–water partition coefficient (Wildman–Crippen LogP) is 3.74. The number of aryl methyl sites for hydroxylation is 1. The van der Waals surface area contributed by atoms with Gasteiger partial charge in [0, 0.05) is 36.3 Å². The number of ether oxygens (including phenoxy) is 2. The first-order valence-corrected chi connectivity index (χ1v) is 12.1. The van der Waals surface area contributed by atoms with E-state index in [1.54, 1.807) is 68.2 Å². The maximum absolute atomic E-state index is 13.9. The number of benzene rings is 1. The van der Waals surface area contributed by atoms with Gasteiger partial charge in [-0.3, -0.25) is 14.4 Å². The molecule has 4 rings (SSSR count). The van der Waals surface area contributed by atoms with Crippen molar-refractivity contribution in [2.45, 2.75) is 46.1 Å². The van der Waals surface area contributed by atoms with Crippen molar-refractivity contribution in [2.24, 2.45) is 7.05 Å². The van der Waals surface area contributed by atoms with E-state index in [2.05, 4.69) is 15.4 Å². The number of carbonyl (C=O) groups is 3. The first-order chi connectivity index (χ1) is 18.2. The second-order valence-electron chi connectivity index (χ2n) is 8.92. The van der Waals surface area contributed by atoms with Crippen molar-refractivity contribution < 1.29 is 28.2 Å². The second kappa shape index (κ2) is 11.7. The number of rotatable bonds is 10. The highest BCUT2D eigenvalue weighted by Gasteiger charge is 2.16. The Morgan fingerprint density at radius 2 is 1.84 bits per heavy atom. The van der Waals surface area contributed by atoms with Crippen molar-refractivity contribution in [1.82, 2.24) is 24.6 Å². The monoisotopic (exact) mass is 521 g/mol. The quantitative estimate of drug-likeness (QED) is 0.316. The summed E-state index contributed by atoms with van der Waals surface area (Å²) in [6.07, 6.45) is 2.90. The summed E-state index contributed by atoms with van der Waals surface area (Å²) >= 11 is 0. The molecule has 198 valence electrons. The van der Waals surface area contributed by atoms with E-state index in [0.717, 1.165) is 5.39 Å². The number of carbonyl (C=O) groups excluding carboxylic acids is 3. The molecule has 0 radical (unpaired) electrons. The molecule has 1 aromatic carbocycles. The number of aromatic nitrogens is 4. The highest BCUT2D eigenvalue weighted by molar-refractivity contribution is 5.98. The molecule has 3 heterocycles. The van der Waals surface area contributed by atoms with Crippen LogP contribution < -0.4 is 5.32 Å². The van der Waals surface area contributed by atoms with E-state index >= 15 is 0 Å². The lowest BCUT2D eigenvalue weighted by molar-refractivity contribution is -0.154. The van der Waals surface area contributed by atoms with Crippen molar-refractivity contribution in [2.75, 3.05) is 0 Å². The van der Waals surface area contributed by atoms with E-state index in [1.807, 2.05) is 6.07 Å². The van der Waals surface area contributed by atoms with E-state index in [0.29, 0.717) is 28.2 Å². The van der Waals surface area contributed by atoms with Crippen molar-refractivity contribution in [1.29, 1.82) is 0 Å². The lowest BCUT2D eigenvalue weighted by atomic mass is 10.2. The van der Waals surface area contributed by atoms with Crippen LogP contribution in [-0.2, 0) is 39.4 Å². The molecule has 0 spiro atoms. The maximum Gasteiger partial charge on any atom is 0.308 e. The SMILES string of the molecule is CC(C)OC(=O)CCC(=O)OCn1cc(-c2ccc3cc(C(=O)NCc4ccccc4F)n(C)c3n2)cn1. The molecule has 38 heavy (non-hydrogen) atoms. The molecular weight excluding hydrogens is 493 g/mol. The molecule has 10 nitrogen and oxygen atoms in total. The average molecular weight is 522 g/mol. The summed E-state index contributed by atoms with van der Waals surface area (Å²) in [6, 6.07) is 11.7. The normalized spacial score (nSPS) is 11.1. The summed E-state index contributed by atoms with van der Waals surface area (Å²) in [6.45, 7) is 3.43. The molecule has 0 fully saturated rings. The van der Waals surface area contributed by atoms with Gasteiger partial charge in [0.15, 0.2) is 6.73 Å². The van der Waals surface area contributed by atoms with Gasteiger partial charge in [-0.15, -0.1) is 0 Å². The third kappa shape index (κ3) is 6.41. The van der Waals surface area contributed by atoms with E-state index in [4.69, 9.17) is 9.47 Å². The molecule has 0 aliphatic heterocycles. The summed E-state index contributed by atoms with van der Waals surface area (Å²) in [7, 11) is 1.73. The minimum atomic E-state index is -0.535. The van der Waals surface area contributed by atoms with Gasteiger partial charge >= 0.3 is 11.9 Å². The van der Waals surface area contributed by atoms with E-state index in [1.165, 1.54) is 10.7 Å². The van der Waals surface area contributed by atoms with E-state index in [9.17, 15) is 18.8 Å². The zero-order valence-corrected chi connectivity index (χ0v) is 21.3. The van der Waals surface area contributed by atoms with Crippen molar-refractivity contribution in [3.05, 3.63) is 71.9 Å². The molecular formula is C27H28FN5O5. The Morgan fingerprint density at radius 1 is 1.08 bits per heavy atom. The topological polar surface area (TPSA) is 117 Å². The van der Waals surface area contributed by atoms with Crippen LogP contribution in [0.5, 0.6) is 0 Å². The van der Waals surface area contributed by atoms with Crippen molar-refractivity contribution >= 4 is 28.9 Å². The van der Waals surface area contributed by atoms with Gasteiger partial charge < -0.3 is 19.4 Å². The van der Waals surface area contributed by atoms with Crippen LogP contribution in [0, 0.1) is 5.82 Å². The van der Waals surface area contributed by atoms with Crippen LogP contribution in [0.25, 0.3) is 22.3 Å². The lowest BCUT2D eigenvalue weighted by Crippen LogP contribution is -2.25. The molecule has 3 aromatic heterocycles. The van der Waals surface area contributed by atoms with Gasteiger partial charge in [0.05, 0.1) is 30.8 Å². The number of nitrogens with one attached hydrogen (secondary N) is 1. The first kappa shape index (κ1) is 26.5. The van der Waals surface area contributed by atoms with Crippen LogP contribution in [0.15, 0.2) is 54.9 Å². The number of fused-ring (bicyclic) bond motifs is 1.